The molecule has 2 N–H and O–H groups in total. The quantitative estimate of drug-likeness (QED) is 0.183. The minimum Gasteiger partial charge on any atom is -0.484 e. The number of methoxy groups -OCH3 is 1. The van der Waals surface area contributed by atoms with Crippen molar-refractivity contribution in [1.29, 1.82) is 0 Å². The average molecular weight is 620 g/mol. The zero-order valence-corrected chi connectivity index (χ0v) is 25.0. The van der Waals surface area contributed by atoms with Crippen molar-refractivity contribution in [2.75, 3.05) is 31.6 Å². The molecule has 11 heteroatoms. The first-order chi connectivity index (χ1) is 21.3. The van der Waals surface area contributed by atoms with Crippen LogP contribution >= 0.6 is 0 Å². The number of carbonyl (C=O) groups is 2. The second-order valence-electron chi connectivity index (χ2n) is 9.83. The summed E-state index contributed by atoms with van der Waals surface area (Å²) in [6.07, 6.45) is 0.616. The van der Waals surface area contributed by atoms with Gasteiger partial charge in [0.2, 0.25) is 5.91 Å². The predicted molar refractivity (Wildman–Crippen MR) is 165 cm³/mol. The molecule has 0 heterocycles. The summed E-state index contributed by atoms with van der Waals surface area (Å²) in [5, 5.41) is 2.92. The first kappa shape index (κ1) is 32.2. The average Bonchev–Trinajstić information content (AvgIpc) is 3.04. The number of hydrogen-bond acceptors (Lipinski definition) is 6. The van der Waals surface area contributed by atoms with Gasteiger partial charge >= 0.3 is 0 Å². The summed E-state index contributed by atoms with van der Waals surface area (Å²) >= 11 is 0. The Hall–Kier alpha value is -4.74. The van der Waals surface area contributed by atoms with Crippen molar-refractivity contribution in [2.45, 2.75) is 23.9 Å². The standard InChI is InChI=1S/C33H34FN3O6S/c1-42-22-8-21-35-33(39)32(26-11-6-3-7-12-26)37(23-25-9-4-2-5-10-25)31(38)24-43-29-17-19-30(20-18-29)44(40,41)36-28-15-13-27(34)14-16-28/h2-7,9-20,32,36H,8,21-24H2,1H3,(H,35,39)/t32-/m0/s1. The van der Waals surface area contributed by atoms with Crippen molar-refractivity contribution in [3.8, 4) is 5.75 Å². The molecule has 0 saturated heterocycles. The lowest BCUT2D eigenvalue weighted by Crippen LogP contribution is -2.45. The maximum atomic E-state index is 13.7. The molecule has 0 saturated carbocycles. The van der Waals surface area contributed by atoms with Gasteiger partial charge in [-0.3, -0.25) is 14.3 Å². The highest BCUT2D eigenvalue weighted by atomic mass is 32.2. The van der Waals surface area contributed by atoms with E-state index in [4.69, 9.17) is 9.47 Å². The van der Waals surface area contributed by atoms with Crippen LogP contribution < -0.4 is 14.8 Å². The SMILES string of the molecule is COCCCNC(=O)[C@H](c1ccccc1)N(Cc1ccccc1)C(=O)COc1ccc(S(=O)(=O)Nc2ccc(F)cc2)cc1. The second kappa shape index (κ2) is 15.6. The van der Waals surface area contributed by atoms with Gasteiger partial charge in [0.25, 0.3) is 15.9 Å². The Balaban J connectivity index is 1.51. The van der Waals surface area contributed by atoms with Crippen molar-refractivity contribution in [2.24, 2.45) is 0 Å². The Labute approximate surface area is 256 Å². The summed E-state index contributed by atoms with van der Waals surface area (Å²) in [4.78, 5) is 28.7. The molecule has 4 rings (SSSR count). The number of hydrogen-bond donors (Lipinski definition) is 2. The fourth-order valence-corrected chi connectivity index (χ4v) is 5.47. The number of nitrogens with zero attached hydrogens (tertiary/aromatic N) is 1. The van der Waals surface area contributed by atoms with Crippen LogP contribution in [0.15, 0.2) is 114 Å². The molecule has 230 valence electrons. The van der Waals surface area contributed by atoms with E-state index in [0.717, 1.165) is 17.7 Å². The number of halogens is 1. The molecule has 2 amide bonds. The first-order valence-electron chi connectivity index (χ1n) is 13.9. The van der Waals surface area contributed by atoms with Crippen molar-refractivity contribution in [1.82, 2.24) is 10.2 Å². The number of sulfonamides is 1. The van der Waals surface area contributed by atoms with E-state index >= 15 is 0 Å². The Bertz CT molecular complexity index is 1600. The van der Waals surface area contributed by atoms with Crippen LogP contribution in [0.2, 0.25) is 0 Å². The van der Waals surface area contributed by atoms with Crippen LogP contribution in [-0.4, -0.2) is 52.0 Å². The third kappa shape index (κ3) is 9.13. The van der Waals surface area contributed by atoms with Crippen molar-refractivity contribution in [3.63, 3.8) is 0 Å². The first-order valence-corrected chi connectivity index (χ1v) is 15.4. The number of amides is 2. The Morgan fingerprint density at radius 3 is 2.14 bits per heavy atom. The lowest BCUT2D eigenvalue weighted by molar-refractivity contribution is -0.143. The molecule has 0 fully saturated rings. The van der Waals surface area contributed by atoms with Crippen LogP contribution in [-0.2, 0) is 30.9 Å². The zero-order chi connectivity index (χ0) is 31.4. The third-order valence-electron chi connectivity index (χ3n) is 6.61. The van der Waals surface area contributed by atoms with E-state index < -0.39 is 34.4 Å². The molecule has 4 aromatic carbocycles. The number of nitrogens with one attached hydrogen (secondary N) is 2. The van der Waals surface area contributed by atoms with Gasteiger partial charge in [-0.05, 0) is 66.1 Å². The lowest BCUT2D eigenvalue weighted by atomic mass is 10.0. The number of anilines is 1. The largest absolute Gasteiger partial charge is 0.484 e. The molecule has 4 aromatic rings. The summed E-state index contributed by atoms with van der Waals surface area (Å²) < 4.78 is 51.9. The minimum atomic E-state index is -3.94. The monoisotopic (exact) mass is 619 g/mol. The van der Waals surface area contributed by atoms with E-state index in [2.05, 4.69) is 10.0 Å². The molecular weight excluding hydrogens is 585 g/mol. The zero-order valence-electron chi connectivity index (χ0n) is 24.2. The van der Waals surface area contributed by atoms with E-state index in [1.807, 2.05) is 48.5 Å². The molecule has 0 spiro atoms. The predicted octanol–water partition coefficient (Wildman–Crippen LogP) is 4.93. The van der Waals surface area contributed by atoms with Gasteiger partial charge in [0.15, 0.2) is 6.61 Å². The second-order valence-corrected chi connectivity index (χ2v) is 11.5. The van der Waals surface area contributed by atoms with E-state index in [9.17, 15) is 22.4 Å². The van der Waals surface area contributed by atoms with E-state index in [-0.39, 0.29) is 28.8 Å². The van der Waals surface area contributed by atoms with E-state index in [1.165, 1.54) is 41.3 Å². The smallest absolute Gasteiger partial charge is 0.261 e. The van der Waals surface area contributed by atoms with Crippen molar-refractivity contribution in [3.05, 3.63) is 126 Å². The molecule has 0 radical (unpaired) electrons. The fourth-order valence-electron chi connectivity index (χ4n) is 4.41. The molecule has 0 aliphatic carbocycles. The minimum absolute atomic E-state index is 0.0412. The maximum Gasteiger partial charge on any atom is 0.261 e. The Morgan fingerprint density at radius 1 is 0.864 bits per heavy atom. The van der Waals surface area contributed by atoms with Crippen molar-refractivity contribution >= 4 is 27.5 Å². The van der Waals surface area contributed by atoms with Gasteiger partial charge in [0, 0.05) is 32.5 Å². The van der Waals surface area contributed by atoms with Crippen LogP contribution in [0, 0.1) is 5.82 Å². The highest BCUT2D eigenvalue weighted by molar-refractivity contribution is 7.92. The van der Waals surface area contributed by atoms with Gasteiger partial charge in [-0.25, -0.2) is 12.8 Å². The van der Waals surface area contributed by atoms with Gasteiger partial charge in [-0.1, -0.05) is 60.7 Å². The molecular formula is C33H34FN3O6S. The summed E-state index contributed by atoms with van der Waals surface area (Å²) in [5.74, 6) is -0.993. The number of benzene rings is 4. The summed E-state index contributed by atoms with van der Waals surface area (Å²) in [7, 11) is -2.35. The van der Waals surface area contributed by atoms with Gasteiger partial charge in [-0.15, -0.1) is 0 Å². The highest BCUT2D eigenvalue weighted by Gasteiger charge is 2.31. The molecule has 0 aromatic heterocycles. The highest BCUT2D eigenvalue weighted by Crippen LogP contribution is 2.25. The topological polar surface area (TPSA) is 114 Å². The fraction of sp³-hybridized carbons (Fsp3) is 0.212. The summed E-state index contributed by atoms with van der Waals surface area (Å²) in [6, 6.07) is 27.9. The molecule has 0 bridgehead atoms. The van der Waals surface area contributed by atoms with Crippen LogP contribution in [0.4, 0.5) is 10.1 Å². The molecule has 0 aliphatic heterocycles. The van der Waals surface area contributed by atoms with Crippen LogP contribution in [0.25, 0.3) is 0 Å². The maximum absolute atomic E-state index is 13.7. The van der Waals surface area contributed by atoms with E-state index in [1.54, 1.807) is 19.2 Å². The van der Waals surface area contributed by atoms with Crippen LogP contribution in [0.5, 0.6) is 5.75 Å². The van der Waals surface area contributed by atoms with Crippen LogP contribution in [0.3, 0.4) is 0 Å². The summed E-state index contributed by atoms with van der Waals surface area (Å²) in [5.41, 5.74) is 1.69. The van der Waals surface area contributed by atoms with Crippen molar-refractivity contribution < 1.29 is 31.9 Å². The Morgan fingerprint density at radius 2 is 1.50 bits per heavy atom. The van der Waals surface area contributed by atoms with Gasteiger partial charge in [0.05, 0.1) is 4.90 Å². The number of rotatable bonds is 15. The Kier molecular flexibility index (Phi) is 11.4. The van der Waals surface area contributed by atoms with Gasteiger partial charge in [0.1, 0.15) is 17.6 Å². The van der Waals surface area contributed by atoms with Gasteiger partial charge < -0.3 is 19.7 Å². The van der Waals surface area contributed by atoms with Crippen LogP contribution in [0.1, 0.15) is 23.6 Å². The molecule has 0 unspecified atom stereocenters. The molecule has 44 heavy (non-hydrogen) atoms. The molecule has 9 nitrogen and oxygen atoms in total. The third-order valence-corrected chi connectivity index (χ3v) is 8.01. The van der Waals surface area contributed by atoms with Gasteiger partial charge in [-0.2, -0.15) is 0 Å². The lowest BCUT2D eigenvalue weighted by Gasteiger charge is -2.31. The molecule has 1 atom stereocenters. The molecule has 0 aliphatic rings. The number of ether oxygens (including phenoxy) is 2. The number of carbonyl (C=O) groups excluding carboxylic acids is 2. The normalized spacial score (nSPS) is 11.8. The van der Waals surface area contributed by atoms with E-state index in [0.29, 0.717) is 25.1 Å². The summed E-state index contributed by atoms with van der Waals surface area (Å²) in [6.45, 7) is 0.623.